The summed E-state index contributed by atoms with van der Waals surface area (Å²) in [6, 6.07) is 14.3. The maximum absolute atomic E-state index is 14.6. The first-order valence-electron chi connectivity index (χ1n) is 19.3. The number of alkyl carbamates (subject to hydrolysis) is 1. The van der Waals surface area contributed by atoms with Crippen LogP contribution in [0.5, 0.6) is 11.5 Å². The monoisotopic (exact) mass is 798 g/mol. The molecule has 1 saturated heterocycles. The number of nitrogens with one attached hydrogen (secondary N) is 3. The van der Waals surface area contributed by atoms with E-state index in [9.17, 15) is 24.0 Å². The van der Waals surface area contributed by atoms with Gasteiger partial charge in [-0.05, 0) is 60.3 Å². The zero-order valence-electron chi connectivity index (χ0n) is 34.2. The number of hydrogen-bond acceptors (Lipinski definition) is 11. The van der Waals surface area contributed by atoms with Crippen LogP contribution in [0.1, 0.15) is 40.5 Å². The van der Waals surface area contributed by atoms with Crippen LogP contribution in [0.2, 0.25) is 0 Å². The van der Waals surface area contributed by atoms with Crippen molar-refractivity contribution < 1.29 is 42.9 Å². The van der Waals surface area contributed by atoms with Crippen molar-refractivity contribution in [2.45, 2.75) is 69.9 Å². The predicted molar refractivity (Wildman–Crippen MR) is 218 cm³/mol. The minimum absolute atomic E-state index is 0.0225. The average Bonchev–Trinajstić information content (AvgIpc) is 3.74. The molecule has 1 aromatic heterocycles. The lowest BCUT2D eigenvalue weighted by Gasteiger charge is -2.30. The third-order valence-corrected chi connectivity index (χ3v) is 9.69. The van der Waals surface area contributed by atoms with Crippen LogP contribution in [0, 0.1) is 5.92 Å². The number of amides is 4. The molecule has 0 spiro atoms. The van der Waals surface area contributed by atoms with Crippen molar-refractivity contribution in [1.82, 2.24) is 30.7 Å². The SMILES string of the molecule is C=C[C@@H]1C[C@]1(NC(=O)[C@@H]1C[C@@H](Oc2cc(-c3ccccc3)nc3cc(OC)ccc23)CN1C(=O)[C@H](CNC(=O)C=CCN(C)C)NC(=O)OC(C)(C)C)C(=O)OCC. The number of pyridine rings is 1. The normalized spacial score (nSPS) is 20.6. The first-order chi connectivity index (χ1) is 27.6. The Morgan fingerprint density at radius 3 is 2.47 bits per heavy atom. The van der Waals surface area contributed by atoms with Crippen molar-refractivity contribution in [3.8, 4) is 22.8 Å². The highest BCUT2D eigenvalue weighted by molar-refractivity contribution is 5.97. The summed E-state index contributed by atoms with van der Waals surface area (Å²) in [4.78, 5) is 76.1. The van der Waals surface area contributed by atoms with Crippen molar-refractivity contribution in [3.63, 3.8) is 0 Å². The van der Waals surface area contributed by atoms with E-state index in [1.165, 1.54) is 11.0 Å². The number of benzene rings is 2. The number of carbonyl (C=O) groups is 5. The van der Waals surface area contributed by atoms with E-state index < -0.39 is 59.1 Å². The summed E-state index contributed by atoms with van der Waals surface area (Å²) < 4.78 is 23.0. The Hall–Kier alpha value is -5.96. The maximum atomic E-state index is 14.6. The summed E-state index contributed by atoms with van der Waals surface area (Å²) in [5.74, 6) is -1.69. The number of hydrogen-bond donors (Lipinski definition) is 3. The summed E-state index contributed by atoms with van der Waals surface area (Å²) in [5.41, 5.74) is -0.150. The molecular weight excluding hydrogens is 745 g/mol. The molecule has 5 atom stereocenters. The van der Waals surface area contributed by atoms with E-state index in [2.05, 4.69) is 22.5 Å². The maximum Gasteiger partial charge on any atom is 0.408 e. The Morgan fingerprint density at radius 2 is 1.83 bits per heavy atom. The van der Waals surface area contributed by atoms with E-state index in [4.69, 9.17) is 23.9 Å². The third kappa shape index (κ3) is 10.7. The second-order valence-corrected chi connectivity index (χ2v) is 15.6. The molecular formula is C43H54N6O9. The van der Waals surface area contributed by atoms with Crippen molar-refractivity contribution in [1.29, 1.82) is 0 Å². The van der Waals surface area contributed by atoms with Crippen molar-refractivity contribution in [3.05, 3.63) is 79.4 Å². The molecule has 15 nitrogen and oxygen atoms in total. The van der Waals surface area contributed by atoms with Crippen LogP contribution in [-0.2, 0) is 28.7 Å². The van der Waals surface area contributed by atoms with Crippen LogP contribution >= 0.6 is 0 Å². The molecule has 3 aromatic rings. The molecule has 1 saturated carbocycles. The number of nitrogens with zero attached hydrogens (tertiary/aromatic N) is 3. The van der Waals surface area contributed by atoms with Gasteiger partial charge >= 0.3 is 12.1 Å². The number of carbonyl (C=O) groups excluding carboxylic acids is 5. The Kier molecular flexibility index (Phi) is 13.8. The molecule has 1 aliphatic carbocycles. The van der Waals surface area contributed by atoms with Gasteiger partial charge in [-0.25, -0.2) is 14.6 Å². The highest BCUT2D eigenvalue weighted by atomic mass is 16.6. The molecule has 5 rings (SSSR count). The van der Waals surface area contributed by atoms with Gasteiger partial charge in [-0.1, -0.05) is 42.5 Å². The van der Waals surface area contributed by atoms with Crippen LogP contribution in [0.25, 0.3) is 22.2 Å². The number of fused-ring (bicyclic) bond motifs is 1. The quantitative estimate of drug-likeness (QED) is 0.108. The van der Waals surface area contributed by atoms with Crippen molar-refractivity contribution in [2.75, 3.05) is 47.4 Å². The van der Waals surface area contributed by atoms with E-state index in [0.29, 0.717) is 34.6 Å². The standard InChI is InChI=1S/C43H54N6O9/c1-9-28-24-43(28,40(53)56-10-2)47-38(51)35-22-30(57-36-23-32(27-15-12-11-13-16-27)45-33-21-29(55-8)18-19-31(33)36)26-49(35)39(52)34(46-41(54)58-42(3,4)5)25-44-37(50)17-14-20-48(6)7/h9,11-19,21,23,28,30,34-35H,1,10,20,22,24-26H2,2-8H3,(H,44,50)(H,46,54)(H,47,51)/t28-,30-,34+,35+,43-/m1/s1. The first-order valence-corrected chi connectivity index (χ1v) is 19.3. The fourth-order valence-electron chi connectivity index (χ4n) is 6.76. The lowest BCUT2D eigenvalue weighted by molar-refractivity contribution is -0.150. The number of aromatic nitrogens is 1. The highest BCUT2D eigenvalue weighted by Gasteiger charge is 2.62. The zero-order valence-corrected chi connectivity index (χ0v) is 34.2. The minimum atomic E-state index is -1.35. The van der Waals surface area contributed by atoms with Gasteiger partial charge < -0.3 is 44.7 Å². The van der Waals surface area contributed by atoms with Gasteiger partial charge in [0.1, 0.15) is 40.8 Å². The molecule has 2 aromatic carbocycles. The van der Waals surface area contributed by atoms with Gasteiger partial charge in [0.2, 0.25) is 17.7 Å². The summed E-state index contributed by atoms with van der Waals surface area (Å²) in [7, 11) is 5.28. The second kappa shape index (κ2) is 18.5. The molecule has 3 N–H and O–H groups in total. The summed E-state index contributed by atoms with van der Waals surface area (Å²) in [6.45, 7) is 10.7. The van der Waals surface area contributed by atoms with Gasteiger partial charge in [-0.15, -0.1) is 6.58 Å². The zero-order chi connectivity index (χ0) is 42.2. The molecule has 1 aliphatic heterocycles. The fraction of sp³-hybridized carbons (Fsp3) is 0.442. The molecule has 2 heterocycles. The Bertz CT molecular complexity index is 2030. The minimum Gasteiger partial charge on any atom is -0.497 e. The van der Waals surface area contributed by atoms with Crippen molar-refractivity contribution in [2.24, 2.45) is 5.92 Å². The number of likely N-dealkylation sites (tertiary alicyclic amines) is 1. The van der Waals surface area contributed by atoms with E-state index in [0.717, 1.165) is 5.56 Å². The average molecular weight is 799 g/mol. The van der Waals surface area contributed by atoms with E-state index >= 15 is 0 Å². The first kappa shape index (κ1) is 43.2. The molecule has 2 fully saturated rings. The van der Waals surface area contributed by atoms with Crippen molar-refractivity contribution >= 4 is 40.7 Å². The van der Waals surface area contributed by atoms with Gasteiger partial charge in [0, 0.05) is 54.6 Å². The Labute approximate surface area is 339 Å². The lowest BCUT2D eigenvalue weighted by atomic mass is 10.1. The van der Waals surface area contributed by atoms with E-state index in [1.54, 1.807) is 59.1 Å². The van der Waals surface area contributed by atoms with Gasteiger partial charge in [-0.3, -0.25) is 14.4 Å². The summed E-state index contributed by atoms with van der Waals surface area (Å²) in [6.07, 6.45) is 3.26. The molecule has 0 radical (unpaired) electrons. The molecule has 15 heteroatoms. The molecule has 310 valence electrons. The number of methoxy groups -OCH3 is 1. The van der Waals surface area contributed by atoms with E-state index in [1.807, 2.05) is 61.5 Å². The number of rotatable bonds is 16. The number of esters is 1. The van der Waals surface area contributed by atoms with Gasteiger partial charge in [-0.2, -0.15) is 0 Å². The van der Waals surface area contributed by atoms with Crippen LogP contribution in [0.4, 0.5) is 4.79 Å². The largest absolute Gasteiger partial charge is 0.497 e. The third-order valence-electron chi connectivity index (χ3n) is 9.69. The highest BCUT2D eigenvalue weighted by Crippen LogP contribution is 2.46. The van der Waals surface area contributed by atoms with Gasteiger partial charge in [0.05, 0.1) is 31.5 Å². The lowest BCUT2D eigenvalue weighted by Crippen LogP contribution is -2.58. The van der Waals surface area contributed by atoms with Crippen LogP contribution in [0.15, 0.2) is 79.4 Å². The van der Waals surface area contributed by atoms with E-state index in [-0.39, 0.29) is 38.5 Å². The van der Waals surface area contributed by atoms with Crippen LogP contribution in [-0.4, -0.2) is 121 Å². The molecule has 58 heavy (non-hydrogen) atoms. The van der Waals surface area contributed by atoms with Gasteiger partial charge in [0.15, 0.2) is 0 Å². The molecule has 0 bridgehead atoms. The van der Waals surface area contributed by atoms with Gasteiger partial charge in [0.25, 0.3) is 0 Å². The molecule has 2 aliphatic rings. The Balaban J connectivity index is 1.50. The summed E-state index contributed by atoms with van der Waals surface area (Å²) >= 11 is 0. The molecule has 4 amide bonds. The smallest absolute Gasteiger partial charge is 0.408 e. The fourth-order valence-corrected chi connectivity index (χ4v) is 6.76. The van der Waals surface area contributed by atoms with Crippen LogP contribution in [0.3, 0.4) is 0 Å². The topological polar surface area (TPSA) is 178 Å². The number of likely N-dealkylation sites (N-methyl/N-ethyl adjacent to an activating group) is 1. The summed E-state index contributed by atoms with van der Waals surface area (Å²) in [5, 5.41) is 8.83. The Morgan fingerprint density at radius 1 is 1.09 bits per heavy atom. The predicted octanol–water partition coefficient (Wildman–Crippen LogP) is 4.01. The van der Waals surface area contributed by atoms with Crippen LogP contribution < -0.4 is 25.4 Å². The number of ether oxygens (including phenoxy) is 4. The second-order valence-electron chi connectivity index (χ2n) is 15.6. The molecule has 0 unspecified atom stereocenters.